The summed E-state index contributed by atoms with van der Waals surface area (Å²) in [6, 6.07) is -0.0550. The lowest BCUT2D eigenvalue weighted by Crippen LogP contribution is -2.40. The Morgan fingerprint density at radius 2 is 2.05 bits per heavy atom. The normalized spacial score (nSPS) is 13.2. The molecule has 0 spiro atoms. The van der Waals surface area contributed by atoms with E-state index in [1.54, 1.807) is 6.92 Å². The molecule has 0 bridgehead atoms. The smallest absolute Gasteiger partial charge is 0.407 e. The van der Waals surface area contributed by atoms with Gasteiger partial charge in [0.25, 0.3) is 0 Å². The maximum Gasteiger partial charge on any atom is 0.407 e. The number of carbonyl (C=O) groups is 1. The highest BCUT2D eigenvalue weighted by Crippen LogP contribution is 2.05. The van der Waals surface area contributed by atoms with E-state index in [2.05, 4.69) is 36.4 Å². The van der Waals surface area contributed by atoms with Gasteiger partial charge in [-0.1, -0.05) is 27.2 Å². The number of nitrogens with one attached hydrogen (secondary N) is 2. The van der Waals surface area contributed by atoms with Crippen molar-refractivity contribution >= 4 is 12.1 Å². The maximum absolute atomic E-state index is 11.5. The van der Waals surface area contributed by atoms with Gasteiger partial charge in [-0.25, -0.2) is 4.79 Å². The van der Waals surface area contributed by atoms with Crippen LogP contribution < -0.4 is 16.4 Å². The quantitative estimate of drug-likeness (QED) is 0.343. The fourth-order valence-electron chi connectivity index (χ4n) is 1.75. The van der Waals surface area contributed by atoms with Gasteiger partial charge in [-0.3, -0.25) is 4.99 Å². The van der Waals surface area contributed by atoms with Crippen LogP contribution in [0.15, 0.2) is 4.99 Å². The van der Waals surface area contributed by atoms with Gasteiger partial charge in [0.15, 0.2) is 5.96 Å². The summed E-state index contributed by atoms with van der Waals surface area (Å²) < 4.78 is 4.89. The topological polar surface area (TPSA) is 88.7 Å². The Hall–Kier alpha value is -1.46. The Morgan fingerprint density at radius 3 is 2.60 bits per heavy atom. The molecule has 0 aliphatic heterocycles. The number of hydrogen-bond donors (Lipinski definition) is 3. The molecule has 118 valence electrons. The number of aliphatic imine (C=N–C) groups is 1. The van der Waals surface area contributed by atoms with E-state index in [-0.39, 0.29) is 6.04 Å². The predicted molar refractivity (Wildman–Crippen MR) is 82.8 cm³/mol. The molecule has 0 saturated carbocycles. The first-order valence-electron chi connectivity index (χ1n) is 7.46. The Bertz CT molecular complexity index is 293. The van der Waals surface area contributed by atoms with Crippen molar-refractivity contribution < 1.29 is 9.53 Å². The number of amides is 1. The first-order valence-corrected chi connectivity index (χ1v) is 7.46. The molecule has 4 N–H and O–H groups in total. The van der Waals surface area contributed by atoms with Crippen LogP contribution in [0.1, 0.15) is 47.0 Å². The summed E-state index contributed by atoms with van der Waals surface area (Å²) >= 11 is 0. The Balaban J connectivity index is 4.26. The van der Waals surface area contributed by atoms with Crippen LogP contribution in [0.3, 0.4) is 0 Å². The largest absolute Gasteiger partial charge is 0.450 e. The van der Waals surface area contributed by atoms with Crippen LogP contribution in [0, 0.1) is 5.92 Å². The van der Waals surface area contributed by atoms with Crippen LogP contribution in [0.2, 0.25) is 0 Å². The van der Waals surface area contributed by atoms with Gasteiger partial charge in [0.2, 0.25) is 0 Å². The number of nitrogens with zero attached hydrogens (tertiary/aromatic N) is 1. The SMILES string of the molecule is CCCCNC(N)=NCC(CC(C)C)NC(=O)OCC. The van der Waals surface area contributed by atoms with Crippen molar-refractivity contribution in [1.29, 1.82) is 0 Å². The summed E-state index contributed by atoms with van der Waals surface area (Å²) in [4.78, 5) is 15.7. The van der Waals surface area contributed by atoms with E-state index in [1.165, 1.54) is 0 Å². The molecule has 6 nitrogen and oxygen atoms in total. The van der Waals surface area contributed by atoms with Crippen molar-refractivity contribution in [3.63, 3.8) is 0 Å². The summed E-state index contributed by atoms with van der Waals surface area (Å²) in [6.45, 7) is 9.76. The average molecular weight is 286 g/mol. The molecule has 0 aromatic carbocycles. The van der Waals surface area contributed by atoms with Gasteiger partial charge in [-0.2, -0.15) is 0 Å². The molecule has 0 heterocycles. The molecule has 20 heavy (non-hydrogen) atoms. The third kappa shape index (κ3) is 10.5. The molecule has 1 unspecified atom stereocenters. The minimum atomic E-state index is -0.397. The molecule has 0 fully saturated rings. The zero-order valence-corrected chi connectivity index (χ0v) is 13.2. The fraction of sp³-hybridized carbons (Fsp3) is 0.857. The first-order chi connectivity index (χ1) is 9.49. The van der Waals surface area contributed by atoms with Crippen molar-refractivity contribution in [3.8, 4) is 0 Å². The number of rotatable bonds is 9. The Morgan fingerprint density at radius 1 is 1.35 bits per heavy atom. The van der Waals surface area contributed by atoms with Crippen molar-refractivity contribution in [2.45, 2.75) is 53.0 Å². The molecule has 0 aromatic heterocycles. The van der Waals surface area contributed by atoms with E-state index in [0.717, 1.165) is 25.8 Å². The molecular formula is C14H30N4O2. The minimum absolute atomic E-state index is 0.0550. The third-order valence-electron chi connectivity index (χ3n) is 2.67. The van der Waals surface area contributed by atoms with Gasteiger partial charge in [0.1, 0.15) is 0 Å². The van der Waals surface area contributed by atoms with E-state index >= 15 is 0 Å². The van der Waals surface area contributed by atoms with Gasteiger partial charge in [0.05, 0.1) is 19.2 Å². The van der Waals surface area contributed by atoms with Gasteiger partial charge in [0, 0.05) is 6.54 Å². The molecule has 0 aliphatic rings. The number of carbonyl (C=O) groups excluding carboxylic acids is 1. The van der Waals surface area contributed by atoms with Gasteiger partial charge >= 0.3 is 6.09 Å². The number of alkyl carbamates (subject to hydrolysis) is 1. The number of ether oxygens (including phenoxy) is 1. The summed E-state index contributed by atoms with van der Waals surface area (Å²) in [5.41, 5.74) is 5.78. The molecule has 0 rings (SSSR count). The van der Waals surface area contributed by atoms with E-state index in [0.29, 0.717) is 25.0 Å². The second-order valence-corrected chi connectivity index (χ2v) is 5.20. The van der Waals surface area contributed by atoms with E-state index < -0.39 is 6.09 Å². The van der Waals surface area contributed by atoms with Crippen LogP contribution in [0.4, 0.5) is 4.79 Å². The van der Waals surface area contributed by atoms with E-state index in [1.807, 2.05) is 0 Å². The number of guanidine groups is 1. The molecule has 1 atom stereocenters. The predicted octanol–water partition coefficient (Wildman–Crippen LogP) is 1.85. The lowest BCUT2D eigenvalue weighted by molar-refractivity contribution is 0.147. The maximum atomic E-state index is 11.5. The van der Waals surface area contributed by atoms with Crippen LogP contribution in [-0.2, 0) is 4.74 Å². The lowest BCUT2D eigenvalue weighted by Gasteiger charge is -2.18. The molecule has 1 amide bonds. The van der Waals surface area contributed by atoms with Crippen molar-refractivity contribution in [2.24, 2.45) is 16.6 Å². The van der Waals surface area contributed by atoms with Crippen LogP contribution in [-0.4, -0.2) is 37.8 Å². The van der Waals surface area contributed by atoms with E-state index in [9.17, 15) is 4.79 Å². The van der Waals surface area contributed by atoms with Crippen molar-refractivity contribution in [2.75, 3.05) is 19.7 Å². The minimum Gasteiger partial charge on any atom is -0.450 e. The van der Waals surface area contributed by atoms with Crippen LogP contribution in [0.5, 0.6) is 0 Å². The highest BCUT2D eigenvalue weighted by atomic mass is 16.5. The van der Waals surface area contributed by atoms with E-state index in [4.69, 9.17) is 10.5 Å². The highest BCUT2D eigenvalue weighted by molar-refractivity contribution is 5.77. The average Bonchev–Trinajstić information content (AvgIpc) is 2.36. The number of hydrogen-bond acceptors (Lipinski definition) is 3. The molecule has 0 radical (unpaired) electrons. The fourth-order valence-corrected chi connectivity index (χ4v) is 1.75. The Labute approximate surface area is 122 Å². The van der Waals surface area contributed by atoms with Gasteiger partial charge in [-0.15, -0.1) is 0 Å². The standard InChI is InChI=1S/C14H30N4O2/c1-5-7-8-16-13(15)17-10-12(9-11(3)4)18-14(19)20-6-2/h11-12H,5-10H2,1-4H3,(H,18,19)(H3,15,16,17). The van der Waals surface area contributed by atoms with Crippen molar-refractivity contribution in [1.82, 2.24) is 10.6 Å². The zero-order chi connectivity index (χ0) is 15.4. The molecule has 0 saturated heterocycles. The third-order valence-corrected chi connectivity index (χ3v) is 2.67. The molecular weight excluding hydrogens is 256 g/mol. The Kier molecular flexibility index (Phi) is 10.5. The lowest BCUT2D eigenvalue weighted by atomic mass is 10.0. The second kappa shape index (κ2) is 11.4. The first kappa shape index (κ1) is 18.5. The summed E-state index contributed by atoms with van der Waals surface area (Å²) in [7, 11) is 0. The van der Waals surface area contributed by atoms with Gasteiger partial charge < -0.3 is 21.1 Å². The molecule has 6 heteroatoms. The number of nitrogens with two attached hydrogens (primary N) is 1. The summed E-state index contributed by atoms with van der Waals surface area (Å²) in [6.07, 6.45) is 2.61. The summed E-state index contributed by atoms with van der Waals surface area (Å²) in [5, 5.41) is 5.87. The van der Waals surface area contributed by atoms with Crippen LogP contribution >= 0.6 is 0 Å². The zero-order valence-electron chi connectivity index (χ0n) is 13.2. The van der Waals surface area contributed by atoms with Gasteiger partial charge in [-0.05, 0) is 25.7 Å². The highest BCUT2D eigenvalue weighted by Gasteiger charge is 2.14. The van der Waals surface area contributed by atoms with Crippen molar-refractivity contribution in [3.05, 3.63) is 0 Å². The summed E-state index contributed by atoms with van der Waals surface area (Å²) in [5.74, 6) is 0.893. The molecule has 0 aromatic rings. The second-order valence-electron chi connectivity index (χ2n) is 5.20. The number of unbranched alkanes of at least 4 members (excludes halogenated alkanes) is 1. The van der Waals surface area contributed by atoms with Crippen LogP contribution in [0.25, 0.3) is 0 Å². The monoisotopic (exact) mass is 286 g/mol. The molecule has 0 aliphatic carbocycles.